The molecule has 0 saturated heterocycles. The van der Waals surface area contributed by atoms with Crippen molar-refractivity contribution in [1.29, 1.82) is 0 Å². The van der Waals surface area contributed by atoms with Crippen LogP contribution in [0.1, 0.15) is 22.4 Å². The van der Waals surface area contributed by atoms with E-state index >= 15 is 0 Å². The molecular formula is C21H20ClN5O. The largest absolute Gasteiger partial charge is 0.379 e. The topological polar surface area (TPSA) is 75.1 Å². The van der Waals surface area contributed by atoms with Crippen LogP contribution in [0.2, 0.25) is 5.02 Å². The lowest BCUT2D eigenvalue weighted by Gasteiger charge is -2.10. The quantitative estimate of drug-likeness (QED) is 0.542. The molecule has 0 atom stereocenters. The van der Waals surface area contributed by atoms with Crippen molar-refractivity contribution in [2.75, 3.05) is 5.32 Å². The molecule has 28 heavy (non-hydrogen) atoms. The van der Waals surface area contributed by atoms with Gasteiger partial charge >= 0.3 is 0 Å². The molecule has 0 fully saturated rings. The summed E-state index contributed by atoms with van der Waals surface area (Å²) in [6.45, 7) is 6.46. The fraction of sp³-hybridized carbons (Fsp3) is 0.190. The number of anilines is 1. The molecule has 2 heterocycles. The highest BCUT2D eigenvalue weighted by Gasteiger charge is 2.11. The molecule has 142 valence electrons. The molecule has 2 N–H and O–H groups in total. The second kappa shape index (κ2) is 7.13. The minimum Gasteiger partial charge on any atom is -0.379 e. The smallest absolute Gasteiger partial charge is 0.274 e. The second-order valence-corrected chi connectivity index (χ2v) is 7.27. The Hall–Kier alpha value is -3.12. The number of nitrogens with zero attached hydrogens (tertiary/aromatic N) is 3. The minimum absolute atomic E-state index is 0.202. The predicted octanol–water partition coefficient (Wildman–Crippen LogP) is 4.28. The number of hydrogen-bond donors (Lipinski definition) is 2. The van der Waals surface area contributed by atoms with Crippen molar-refractivity contribution in [2.24, 2.45) is 0 Å². The van der Waals surface area contributed by atoms with Crippen molar-refractivity contribution in [2.45, 2.75) is 27.3 Å². The van der Waals surface area contributed by atoms with Gasteiger partial charge in [0.25, 0.3) is 11.3 Å². The van der Waals surface area contributed by atoms with Gasteiger partial charge in [-0.3, -0.25) is 9.89 Å². The lowest BCUT2D eigenvalue weighted by molar-refractivity contribution is 0.878. The first kappa shape index (κ1) is 18.3. The molecule has 0 aliphatic rings. The molecule has 0 aliphatic carbocycles. The zero-order chi connectivity index (χ0) is 19.8. The molecule has 0 aliphatic heterocycles. The average Bonchev–Trinajstić information content (AvgIpc) is 3.10. The zero-order valence-electron chi connectivity index (χ0n) is 15.9. The van der Waals surface area contributed by atoms with Crippen molar-refractivity contribution in [3.63, 3.8) is 0 Å². The van der Waals surface area contributed by atoms with E-state index in [0.29, 0.717) is 28.9 Å². The number of aromatic nitrogens is 4. The Morgan fingerprint density at radius 3 is 2.68 bits per heavy atom. The van der Waals surface area contributed by atoms with E-state index in [2.05, 4.69) is 27.3 Å². The van der Waals surface area contributed by atoms with Gasteiger partial charge in [-0.05, 0) is 55.7 Å². The number of rotatable bonds is 4. The molecule has 0 saturated carbocycles. The molecule has 0 radical (unpaired) electrons. The number of aromatic amines is 1. The van der Waals surface area contributed by atoms with E-state index in [1.165, 1.54) is 21.7 Å². The predicted molar refractivity (Wildman–Crippen MR) is 112 cm³/mol. The fourth-order valence-corrected chi connectivity index (χ4v) is 3.20. The van der Waals surface area contributed by atoms with Gasteiger partial charge in [-0.15, -0.1) is 0 Å². The summed E-state index contributed by atoms with van der Waals surface area (Å²) < 4.78 is 1.36. The third-order valence-corrected chi connectivity index (χ3v) is 5.30. The molecule has 2 aromatic heterocycles. The Labute approximate surface area is 167 Å². The number of H-pyrrole nitrogens is 1. The van der Waals surface area contributed by atoms with Gasteiger partial charge in [0.15, 0.2) is 5.82 Å². The Balaban J connectivity index is 1.65. The Kier molecular flexibility index (Phi) is 4.65. The SMILES string of the molecule is Cc1ccc(-c2nc3nc(CNc4cccc(Cl)c4C)cc(=O)n3[nH]2)cc1C. The lowest BCUT2D eigenvalue weighted by atomic mass is 10.1. The van der Waals surface area contributed by atoms with Gasteiger partial charge in [-0.25, -0.2) is 4.98 Å². The summed E-state index contributed by atoms with van der Waals surface area (Å²) in [5, 5.41) is 7.01. The van der Waals surface area contributed by atoms with Crippen LogP contribution >= 0.6 is 11.6 Å². The summed E-state index contributed by atoms with van der Waals surface area (Å²) in [6, 6.07) is 13.2. The lowest BCUT2D eigenvalue weighted by Crippen LogP contribution is -2.17. The van der Waals surface area contributed by atoms with E-state index in [1.807, 2.05) is 50.2 Å². The summed E-state index contributed by atoms with van der Waals surface area (Å²) in [5.41, 5.74) is 5.57. The number of hydrogen-bond acceptors (Lipinski definition) is 4. The van der Waals surface area contributed by atoms with Gasteiger partial charge in [0.1, 0.15) is 0 Å². The number of fused-ring (bicyclic) bond motifs is 1. The normalized spacial score (nSPS) is 11.1. The molecule has 7 heteroatoms. The molecule has 0 unspecified atom stereocenters. The number of benzene rings is 2. The van der Waals surface area contributed by atoms with Crippen molar-refractivity contribution in [3.05, 3.63) is 80.2 Å². The van der Waals surface area contributed by atoms with E-state index in [9.17, 15) is 4.79 Å². The molecule has 2 aromatic carbocycles. The van der Waals surface area contributed by atoms with Crippen LogP contribution in [0, 0.1) is 20.8 Å². The molecule has 4 rings (SSSR count). The third-order valence-electron chi connectivity index (χ3n) is 4.89. The third kappa shape index (κ3) is 3.39. The molecule has 6 nitrogen and oxygen atoms in total. The van der Waals surface area contributed by atoms with Crippen LogP contribution in [0.15, 0.2) is 47.3 Å². The maximum atomic E-state index is 12.5. The average molecular weight is 394 g/mol. The van der Waals surface area contributed by atoms with E-state index in [-0.39, 0.29) is 5.56 Å². The highest BCUT2D eigenvalue weighted by Crippen LogP contribution is 2.23. The molecule has 0 amide bonds. The van der Waals surface area contributed by atoms with Crippen LogP contribution in [0.25, 0.3) is 17.2 Å². The van der Waals surface area contributed by atoms with E-state index in [0.717, 1.165) is 16.8 Å². The maximum Gasteiger partial charge on any atom is 0.274 e. The van der Waals surface area contributed by atoms with Gasteiger partial charge in [0.05, 0.1) is 12.2 Å². The van der Waals surface area contributed by atoms with Crippen LogP contribution < -0.4 is 10.9 Å². The first-order valence-corrected chi connectivity index (χ1v) is 9.35. The van der Waals surface area contributed by atoms with Crippen molar-refractivity contribution in [3.8, 4) is 11.4 Å². The van der Waals surface area contributed by atoms with Crippen LogP contribution in [0.3, 0.4) is 0 Å². The standard InChI is InChI=1S/C21H20ClN5O/c1-12-7-8-15(9-13(12)2)20-25-21-24-16(10-19(28)27(21)26-20)11-23-18-6-4-5-17(22)14(18)3/h4-10,23H,11H2,1-3H3,(H,24,25,26). The summed E-state index contributed by atoms with van der Waals surface area (Å²) in [5.74, 6) is 0.962. The molecule has 0 bridgehead atoms. The summed E-state index contributed by atoms with van der Waals surface area (Å²) in [6.07, 6.45) is 0. The van der Waals surface area contributed by atoms with Crippen LogP contribution in [-0.2, 0) is 6.54 Å². The molecular weight excluding hydrogens is 374 g/mol. The van der Waals surface area contributed by atoms with Crippen molar-refractivity contribution < 1.29 is 0 Å². The molecule has 0 spiro atoms. The van der Waals surface area contributed by atoms with Crippen LogP contribution in [0.4, 0.5) is 5.69 Å². The Morgan fingerprint density at radius 1 is 1.07 bits per heavy atom. The van der Waals surface area contributed by atoms with Crippen LogP contribution in [0.5, 0.6) is 0 Å². The van der Waals surface area contributed by atoms with Gasteiger partial charge < -0.3 is 5.32 Å². The van der Waals surface area contributed by atoms with E-state index in [1.54, 1.807) is 0 Å². The highest BCUT2D eigenvalue weighted by molar-refractivity contribution is 6.31. The monoisotopic (exact) mass is 393 g/mol. The fourth-order valence-electron chi connectivity index (χ4n) is 3.02. The van der Waals surface area contributed by atoms with Gasteiger partial charge in [0, 0.05) is 22.3 Å². The van der Waals surface area contributed by atoms with Gasteiger partial charge in [-0.1, -0.05) is 29.8 Å². The second-order valence-electron chi connectivity index (χ2n) is 6.86. The molecule has 4 aromatic rings. The van der Waals surface area contributed by atoms with E-state index < -0.39 is 0 Å². The maximum absolute atomic E-state index is 12.5. The zero-order valence-corrected chi connectivity index (χ0v) is 16.6. The highest BCUT2D eigenvalue weighted by atomic mass is 35.5. The first-order valence-electron chi connectivity index (χ1n) is 8.97. The summed E-state index contributed by atoms with van der Waals surface area (Å²) in [7, 11) is 0. The van der Waals surface area contributed by atoms with Crippen LogP contribution in [-0.4, -0.2) is 19.6 Å². The van der Waals surface area contributed by atoms with Crippen molar-refractivity contribution in [1.82, 2.24) is 19.6 Å². The Morgan fingerprint density at radius 2 is 1.89 bits per heavy atom. The van der Waals surface area contributed by atoms with Gasteiger partial charge in [0.2, 0.25) is 0 Å². The summed E-state index contributed by atoms with van der Waals surface area (Å²) in [4.78, 5) is 21.5. The minimum atomic E-state index is -0.202. The van der Waals surface area contributed by atoms with E-state index in [4.69, 9.17) is 11.6 Å². The number of nitrogens with one attached hydrogen (secondary N) is 2. The van der Waals surface area contributed by atoms with Gasteiger partial charge in [-0.2, -0.15) is 9.50 Å². The summed E-state index contributed by atoms with van der Waals surface area (Å²) >= 11 is 6.16. The number of aryl methyl sites for hydroxylation is 2. The van der Waals surface area contributed by atoms with Crippen molar-refractivity contribution >= 4 is 23.1 Å². The number of halogens is 1. The Bertz CT molecular complexity index is 1240. The first-order chi connectivity index (χ1) is 13.4.